The number of nitro benzene ring substituents is 1. The highest BCUT2D eigenvalue weighted by molar-refractivity contribution is 7.92. The van der Waals surface area contributed by atoms with Crippen LogP contribution in [0.4, 0.5) is 11.4 Å². The average molecular weight is 866 g/mol. The van der Waals surface area contributed by atoms with Crippen molar-refractivity contribution in [2.45, 2.75) is 63.7 Å². The number of nitrogens with zero attached hydrogens (tertiary/aromatic N) is 4. The first-order chi connectivity index (χ1) is 29.3. The van der Waals surface area contributed by atoms with Crippen LogP contribution in [0.5, 0.6) is 11.6 Å². The fraction of sp³-hybridized carbons (Fsp3) is 0.404. The van der Waals surface area contributed by atoms with Crippen LogP contribution in [-0.4, -0.2) is 85.7 Å². The van der Waals surface area contributed by atoms with E-state index in [1.54, 1.807) is 24.4 Å². The molecule has 2 saturated heterocycles. The number of fused-ring (bicyclic) bond motifs is 1. The Balaban J connectivity index is 1.00. The third-order valence-corrected chi connectivity index (χ3v) is 14.4. The Hall–Kier alpha value is -5.08. The molecule has 4 heterocycles. The first kappa shape index (κ1) is 42.6. The second kappa shape index (κ2) is 18.1. The van der Waals surface area contributed by atoms with Crippen molar-refractivity contribution in [3.8, 4) is 11.6 Å². The topological polar surface area (TPSA) is 148 Å². The van der Waals surface area contributed by atoms with Crippen molar-refractivity contribution >= 4 is 55.2 Å². The molecule has 0 radical (unpaired) electrons. The molecule has 0 atom stereocenters. The first-order valence-corrected chi connectivity index (χ1v) is 23.1. The van der Waals surface area contributed by atoms with E-state index in [0.29, 0.717) is 36.8 Å². The number of sulfone groups is 1. The monoisotopic (exact) mass is 865 g/mol. The number of H-pyrrole nitrogens is 1. The van der Waals surface area contributed by atoms with Gasteiger partial charge in [0.25, 0.3) is 5.69 Å². The summed E-state index contributed by atoms with van der Waals surface area (Å²) in [7, 11) is -4.28. The molecular weight excluding hydrogens is 814 g/mol. The first-order valence-electron chi connectivity index (χ1n) is 21.1. The largest absolute Gasteiger partial charge is 0.438 e. The maximum absolute atomic E-state index is 14.0. The van der Waals surface area contributed by atoms with E-state index in [2.05, 4.69) is 45.7 Å². The van der Waals surface area contributed by atoms with Gasteiger partial charge in [-0.1, -0.05) is 49.2 Å². The number of carbonyl (C=O) groups excluding carboxylic acids is 1. The lowest BCUT2D eigenvalue weighted by Crippen LogP contribution is -2.47. The average Bonchev–Trinajstić information content (AvgIpc) is 3.72. The summed E-state index contributed by atoms with van der Waals surface area (Å²) in [5.74, 6) is -0.780. The molecule has 12 nitrogen and oxygen atoms in total. The summed E-state index contributed by atoms with van der Waals surface area (Å²) < 4.78 is 39.3. The van der Waals surface area contributed by atoms with Gasteiger partial charge in [0.05, 0.1) is 15.4 Å². The minimum absolute atomic E-state index is 0.0730. The molecule has 2 aliphatic heterocycles. The highest BCUT2D eigenvalue weighted by atomic mass is 35.5. The number of anilines is 1. The van der Waals surface area contributed by atoms with Gasteiger partial charge in [-0.25, -0.2) is 8.42 Å². The summed E-state index contributed by atoms with van der Waals surface area (Å²) in [4.78, 5) is 37.7. The standard InChI is InChI=1S/C47H52ClN5O7S/c1-47(2)19-15-36(41(29-47)33-5-9-37(48)10-6-33)30-51-21-23-52(24-22-51)38-11-13-40(44(27-38)60-45-14-8-35-16-20-49-46(35)50-45)43(54)31-61(57,58)39-12-7-34(42(28-39)53(55)56)4-3-32-17-25-59-26-18-32/h5-14,16,20,27-28,32H,3-4,15,17-19,21-26,29-31H2,1-2H3,(H,49,50). The molecule has 14 heteroatoms. The van der Waals surface area contributed by atoms with Crippen molar-refractivity contribution in [1.29, 1.82) is 0 Å². The van der Waals surface area contributed by atoms with Crippen LogP contribution in [0.1, 0.15) is 73.9 Å². The smallest absolute Gasteiger partial charge is 0.273 e. The molecule has 0 bridgehead atoms. The predicted molar refractivity (Wildman–Crippen MR) is 239 cm³/mol. The molecule has 61 heavy (non-hydrogen) atoms. The number of carbonyl (C=O) groups is 1. The van der Waals surface area contributed by atoms with Gasteiger partial charge in [-0.2, -0.15) is 4.98 Å². The van der Waals surface area contributed by atoms with Gasteiger partial charge < -0.3 is 19.4 Å². The number of nitro groups is 1. The van der Waals surface area contributed by atoms with Gasteiger partial charge in [0.2, 0.25) is 5.88 Å². The number of nitrogens with one attached hydrogen (secondary N) is 1. The van der Waals surface area contributed by atoms with Crippen LogP contribution in [0.25, 0.3) is 16.6 Å². The second-order valence-corrected chi connectivity index (χ2v) is 19.8. The number of halogens is 1. The van der Waals surface area contributed by atoms with Crippen LogP contribution in [-0.2, 0) is 21.0 Å². The van der Waals surface area contributed by atoms with E-state index in [1.165, 1.54) is 28.8 Å². The highest BCUT2D eigenvalue weighted by Gasteiger charge is 2.31. The molecule has 1 N–H and O–H groups in total. The van der Waals surface area contributed by atoms with E-state index in [9.17, 15) is 23.3 Å². The summed E-state index contributed by atoms with van der Waals surface area (Å²) in [6.45, 7) is 10.1. The zero-order valence-electron chi connectivity index (χ0n) is 34.7. The van der Waals surface area contributed by atoms with E-state index in [-0.39, 0.29) is 33.2 Å². The van der Waals surface area contributed by atoms with Crippen LogP contribution in [0, 0.1) is 21.4 Å². The van der Waals surface area contributed by atoms with Crippen molar-refractivity contribution in [2.24, 2.45) is 11.3 Å². The van der Waals surface area contributed by atoms with Crippen LogP contribution in [0.15, 0.2) is 95.5 Å². The number of allylic oxidation sites excluding steroid dienone is 1. The Morgan fingerprint density at radius 3 is 2.52 bits per heavy atom. The van der Waals surface area contributed by atoms with Gasteiger partial charge in [-0.3, -0.25) is 19.8 Å². The third-order valence-electron chi connectivity index (χ3n) is 12.5. The summed E-state index contributed by atoms with van der Waals surface area (Å²) in [5.41, 5.74) is 6.09. The molecule has 0 saturated carbocycles. The molecule has 2 fully saturated rings. The molecule has 5 aromatic rings. The molecule has 8 rings (SSSR count). The Morgan fingerprint density at radius 1 is 1.00 bits per heavy atom. The van der Waals surface area contributed by atoms with Crippen LogP contribution >= 0.6 is 11.6 Å². The molecule has 1 aliphatic carbocycles. The summed E-state index contributed by atoms with van der Waals surface area (Å²) >= 11 is 6.24. The second-order valence-electron chi connectivity index (χ2n) is 17.4. The fourth-order valence-electron chi connectivity index (χ4n) is 8.85. The fourth-order valence-corrected chi connectivity index (χ4v) is 10.2. The quantitative estimate of drug-likeness (QED) is 0.0650. The number of hydrogen-bond acceptors (Lipinski definition) is 10. The number of pyridine rings is 1. The zero-order chi connectivity index (χ0) is 42.7. The van der Waals surface area contributed by atoms with Crippen molar-refractivity contribution in [3.63, 3.8) is 0 Å². The van der Waals surface area contributed by atoms with Crippen LogP contribution in [0.3, 0.4) is 0 Å². The normalized spacial score (nSPS) is 17.8. The van der Waals surface area contributed by atoms with Crippen molar-refractivity contribution in [3.05, 3.63) is 122 Å². The number of aryl methyl sites for hydroxylation is 1. The third kappa shape index (κ3) is 10.2. The van der Waals surface area contributed by atoms with E-state index in [0.717, 1.165) is 93.4 Å². The van der Waals surface area contributed by atoms with Gasteiger partial charge in [0.15, 0.2) is 15.6 Å². The molecule has 0 amide bonds. The van der Waals surface area contributed by atoms with E-state index < -0.39 is 26.3 Å². The van der Waals surface area contributed by atoms with Crippen LogP contribution in [0.2, 0.25) is 5.02 Å². The molecular formula is C47H52ClN5O7S. The number of aromatic nitrogens is 2. The van der Waals surface area contributed by atoms with Gasteiger partial charge >= 0.3 is 0 Å². The Morgan fingerprint density at radius 2 is 1.77 bits per heavy atom. The Kier molecular flexibility index (Phi) is 12.6. The molecule has 0 unspecified atom stereocenters. The molecule has 3 aliphatic rings. The number of ketones is 1. The van der Waals surface area contributed by atoms with Gasteiger partial charge in [-0.15, -0.1) is 0 Å². The molecule has 320 valence electrons. The lowest BCUT2D eigenvalue weighted by atomic mass is 9.72. The summed E-state index contributed by atoms with van der Waals surface area (Å²) in [5, 5.41) is 13.8. The van der Waals surface area contributed by atoms with Gasteiger partial charge in [0.1, 0.15) is 17.1 Å². The number of Topliss-reactive ketones (excluding diaryl/α,β-unsaturated/α-hetero) is 1. The van der Waals surface area contributed by atoms with Crippen molar-refractivity contribution < 1.29 is 27.6 Å². The summed E-state index contributed by atoms with van der Waals surface area (Å²) in [6, 6.07) is 22.8. The van der Waals surface area contributed by atoms with Crippen molar-refractivity contribution in [1.82, 2.24) is 14.9 Å². The summed E-state index contributed by atoms with van der Waals surface area (Å²) in [6.07, 6.45) is 7.98. The zero-order valence-corrected chi connectivity index (χ0v) is 36.3. The lowest BCUT2D eigenvalue weighted by Gasteiger charge is -2.39. The Labute approximate surface area is 362 Å². The molecule has 2 aromatic heterocycles. The van der Waals surface area contributed by atoms with Gasteiger partial charge in [0, 0.05) is 92.0 Å². The number of rotatable bonds is 14. The van der Waals surface area contributed by atoms with Crippen molar-refractivity contribution in [2.75, 3.05) is 56.6 Å². The molecule has 3 aromatic carbocycles. The number of piperazine rings is 1. The molecule has 0 spiro atoms. The SMILES string of the molecule is CC1(C)CCC(CN2CCN(c3ccc(C(=O)CS(=O)(=O)c4ccc(CCC5CCOCC5)c([N+](=O)[O-])c4)c(Oc4ccc5cc[nH]c5n4)c3)CC2)=C(c2ccc(Cl)cc2)C1. The number of hydrogen-bond donors (Lipinski definition) is 1. The Bertz CT molecular complexity index is 2560. The van der Waals surface area contributed by atoms with E-state index in [4.69, 9.17) is 21.1 Å². The van der Waals surface area contributed by atoms with E-state index in [1.807, 2.05) is 30.3 Å². The maximum Gasteiger partial charge on any atom is 0.273 e. The lowest BCUT2D eigenvalue weighted by molar-refractivity contribution is -0.385. The number of ether oxygens (including phenoxy) is 2. The highest BCUT2D eigenvalue weighted by Crippen LogP contribution is 2.43. The minimum atomic E-state index is -4.28. The van der Waals surface area contributed by atoms with E-state index >= 15 is 0 Å². The van der Waals surface area contributed by atoms with Crippen LogP contribution < -0.4 is 9.64 Å². The predicted octanol–water partition coefficient (Wildman–Crippen LogP) is 9.72. The van der Waals surface area contributed by atoms with Gasteiger partial charge in [-0.05, 0) is 110 Å². The minimum Gasteiger partial charge on any atom is -0.438 e. The number of aromatic amines is 1. The maximum atomic E-state index is 14.0. The number of benzene rings is 3.